The lowest BCUT2D eigenvalue weighted by molar-refractivity contribution is -0.157. The first-order valence-corrected chi connectivity index (χ1v) is 17.8. The normalized spacial score (nSPS) is 30.9. The van der Waals surface area contributed by atoms with Crippen LogP contribution in [0.25, 0.3) is 0 Å². The van der Waals surface area contributed by atoms with Gasteiger partial charge in [-0.3, -0.25) is 23.6 Å². The molecule has 2 aromatic carbocycles. The largest absolute Gasteiger partial charge is 0.462 e. The fourth-order valence-corrected chi connectivity index (χ4v) is 7.75. The number of hydrogen-bond donors (Lipinski definition) is 4. The summed E-state index contributed by atoms with van der Waals surface area (Å²) in [5.41, 5.74) is 1.62. The number of carbonyl (C=O) groups is 2. The van der Waals surface area contributed by atoms with Gasteiger partial charge in [0, 0.05) is 37.0 Å². The number of hydrogen-bond acceptors (Lipinski definition) is 11. The van der Waals surface area contributed by atoms with E-state index in [0.717, 1.165) is 36.8 Å². The van der Waals surface area contributed by atoms with Crippen molar-refractivity contribution in [3.63, 3.8) is 0 Å². The molecule has 4 N–H and O–H groups in total. The van der Waals surface area contributed by atoms with Gasteiger partial charge in [0.25, 0.3) is 0 Å². The highest BCUT2D eigenvalue weighted by atomic mass is 79.9. The maximum atomic E-state index is 12.4. The summed E-state index contributed by atoms with van der Waals surface area (Å²) < 4.78 is 48.7. The number of aliphatic hydroxyl groups excluding tert-OH is 2. The summed E-state index contributed by atoms with van der Waals surface area (Å²) in [5.74, 6) is -1.78. The van der Waals surface area contributed by atoms with Crippen LogP contribution in [0.2, 0.25) is 0 Å². The maximum absolute atomic E-state index is 12.4. The molecule has 0 amide bonds. The molecule has 2 aromatic rings. The van der Waals surface area contributed by atoms with Gasteiger partial charge in [0.05, 0.1) is 13.2 Å². The lowest BCUT2D eigenvalue weighted by Gasteiger charge is -2.38. The van der Waals surface area contributed by atoms with Crippen molar-refractivity contribution in [2.24, 2.45) is 0 Å². The van der Waals surface area contributed by atoms with E-state index in [1.54, 1.807) is 0 Å². The number of epoxide rings is 1. The number of likely N-dealkylation sites (N-methyl/N-ethyl adjacent to an activating group) is 1. The van der Waals surface area contributed by atoms with Crippen molar-refractivity contribution in [2.75, 3.05) is 27.3 Å². The second kappa shape index (κ2) is 17.2. The lowest BCUT2D eigenvalue weighted by Crippen LogP contribution is -2.48. The Labute approximate surface area is 297 Å². The van der Waals surface area contributed by atoms with E-state index < -0.39 is 22.2 Å². The molecule has 49 heavy (non-hydrogen) atoms. The Kier molecular flexibility index (Phi) is 13.8. The Hall–Kier alpha value is -2.47. The van der Waals surface area contributed by atoms with Crippen molar-refractivity contribution in [3.05, 3.63) is 71.8 Å². The molecule has 0 spiro atoms. The Morgan fingerprint density at radius 2 is 1.10 bits per heavy atom. The van der Waals surface area contributed by atoms with E-state index in [1.807, 2.05) is 60.7 Å². The first-order valence-electron chi connectivity index (χ1n) is 16.4. The predicted molar refractivity (Wildman–Crippen MR) is 184 cm³/mol. The molecule has 5 heterocycles. The van der Waals surface area contributed by atoms with Gasteiger partial charge in [-0.25, -0.2) is 0 Å². The van der Waals surface area contributed by atoms with Gasteiger partial charge in [-0.2, -0.15) is 8.42 Å². The van der Waals surface area contributed by atoms with E-state index in [0.29, 0.717) is 36.4 Å². The van der Waals surface area contributed by atoms with Gasteiger partial charge in [-0.1, -0.05) is 60.7 Å². The van der Waals surface area contributed by atoms with Crippen LogP contribution in [0.15, 0.2) is 60.7 Å². The summed E-state index contributed by atoms with van der Waals surface area (Å²) in [7, 11) is -0.371. The van der Waals surface area contributed by atoms with Gasteiger partial charge < -0.3 is 29.3 Å². The van der Waals surface area contributed by atoms with Crippen molar-refractivity contribution < 1.29 is 51.5 Å². The summed E-state index contributed by atoms with van der Waals surface area (Å²) in [6.07, 6.45) is 6.52. The number of rotatable bonds is 8. The number of halogens is 1. The second-order valence-electron chi connectivity index (χ2n) is 13.2. The molecule has 15 heteroatoms. The summed E-state index contributed by atoms with van der Waals surface area (Å²) in [5, 5.41) is 19.1. The number of nitrogens with zero attached hydrogens (tertiary/aromatic N) is 2. The number of morpholine rings is 1. The van der Waals surface area contributed by atoms with Crippen LogP contribution in [0, 0.1) is 0 Å². The minimum atomic E-state index is -4.67. The molecule has 5 fully saturated rings. The van der Waals surface area contributed by atoms with Gasteiger partial charge in [-0.15, -0.1) is 17.0 Å². The molecule has 5 saturated heterocycles. The van der Waals surface area contributed by atoms with Gasteiger partial charge in [0.1, 0.15) is 36.3 Å². The molecule has 0 aromatic heterocycles. The van der Waals surface area contributed by atoms with E-state index >= 15 is 0 Å². The van der Waals surface area contributed by atoms with Crippen LogP contribution in [0.1, 0.15) is 61.5 Å². The number of piperidine rings is 2. The standard InChI is InChI=1S/C17H21NO4.C17H23NO3.BrH.H2O4S/c1-18-13-7-11(8-14(18)16-15(13)22-16)21-17(20)12(9-19)10-5-3-2-4-6-10;1-18-13-7-8-14(18)10-15(9-13)21-17(20)16(11-19)12-5-3-2-4-6-12;;1-5(2,3)4/h2-6,11-16,19H,7-9H2,1H3;2-6,13-16,19H,7-11H2,1H3;1H;(H2,1,2,3,4)/t11-,12-,13-,14+,15-,16+;13-,14+,15+,16-;;/m11../s1. The zero-order valence-corrected chi connectivity index (χ0v) is 30.1. The highest BCUT2D eigenvalue weighted by molar-refractivity contribution is 8.93. The quantitative estimate of drug-likeness (QED) is 0.175. The molecule has 272 valence electrons. The first-order chi connectivity index (χ1) is 22.9. The van der Waals surface area contributed by atoms with Crippen molar-refractivity contribution in [2.45, 2.75) is 98.9 Å². The maximum Gasteiger partial charge on any atom is 0.394 e. The molecular formula is C34H47BrN2O11S. The summed E-state index contributed by atoms with van der Waals surface area (Å²) in [6.45, 7) is -0.432. The molecule has 4 bridgehead atoms. The summed E-state index contributed by atoms with van der Waals surface area (Å²) in [6, 6.07) is 20.5. The van der Waals surface area contributed by atoms with Crippen LogP contribution in [0.5, 0.6) is 0 Å². The zero-order valence-electron chi connectivity index (χ0n) is 27.6. The SMILES string of the molecule is Br.CN1[C@@H]2CC[C@H]1C[C@@H](OC(=O)[C@H](CO)c1ccccc1)C2.CN1[C@@H]2C[C@@H](OC(=O)[C@H](CO)c3ccccc3)C[C@H]1[C@@H]1O[C@@H]12.O=S(=O)(O)O. The molecule has 10 atom stereocenters. The van der Waals surface area contributed by atoms with Crippen molar-refractivity contribution in [1.82, 2.24) is 9.80 Å². The number of esters is 2. The lowest BCUT2D eigenvalue weighted by atomic mass is 9.97. The zero-order chi connectivity index (χ0) is 34.6. The van der Waals surface area contributed by atoms with Crippen molar-refractivity contribution in [3.8, 4) is 0 Å². The highest BCUT2D eigenvalue weighted by Crippen LogP contribution is 2.48. The van der Waals surface area contributed by atoms with Crippen LogP contribution in [0.3, 0.4) is 0 Å². The number of fused-ring (bicyclic) bond motifs is 7. The second-order valence-corrected chi connectivity index (χ2v) is 14.1. The van der Waals surface area contributed by atoms with Crippen LogP contribution < -0.4 is 0 Å². The number of benzene rings is 2. The minimum Gasteiger partial charge on any atom is -0.462 e. The Morgan fingerprint density at radius 3 is 1.47 bits per heavy atom. The third-order valence-corrected chi connectivity index (χ3v) is 10.3. The smallest absolute Gasteiger partial charge is 0.394 e. The Bertz CT molecular complexity index is 1450. The van der Waals surface area contributed by atoms with E-state index in [1.165, 1.54) is 12.8 Å². The van der Waals surface area contributed by atoms with Crippen LogP contribution in [0.4, 0.5) is 0 Å². The molecule has 5 aliphatic heterocycles. The van der Waals surface area contributed by atoms with Crippen LogP contribution in [-0.4, -0.2) is 125 Å². The average molecular weight is 772 g/mol. The molecule has 0 radical (unpaired) electrons. The number of ether oxygens (including phenoxy) is 3. The molecule has 0 aliphatic carbocycles. The fourth-order valence-electron chi connectivity index (χ4n) is 7.75. The van der Waals surface area contributed by atoms with Crippen LogP contribution >= 0.6 is 17.0 Å². The van der Waals surface area contributed by atoms with Crippen LogP contribution in [-0.2, 0) is 34.2 Å². The van der Waals surface area contributed by atoms with Gasteiger partial charge in [-0.05, 0) is 50.9 Å². The van der Waals surface area contributed by atoms with Gasteiger partial charge in [0.15, 0.2) is 0 Å². The molecule has 5 aliphatic rings. The van der Waals surface area contributed by atoms with Gasteiger partial charge >= 0.3 is 22.3 Å². The van der Waals surface area contributed by atoms with Gasteiger partial charge in [0.2, 0.25) is 0 Å². The summed E-state index contributed by atoms with van der Waals surface area (Å²) >= 11 is 0. The van der Waals surface area contributed by atoms with E-state index in [-0.39, 0.29) is 54.3 Å². The Morgan fingerprint density at radius 1 is 0.735 bits per heavy atom. The van der Waals surface area contributed by atoms with E-state index in [4.69, 9.17) is 31.7 Å². The molecular weight excluding hydrogens is 724 g/mol. The highest BCUT2D eigenvalue weighted by Gasteiger charge is 2.62. The molecule has 13 nitrogen and oxygen atoms in total. The molecule has 0 saturated carbocycles. The monoisotopic (exact) mass is 770 g/mol. The first kappa shape index (κ1) is 39.3. The van der Waals surface area contributed by atoms with Crippen molar-refractivity contribution >= 4 is 39.3 Å². The van der Waals surface area contributed by atoms with E-state index in [2.05, 4.69) is 23.9 Å². The number of aliphatic hydroxyl groups is 2. The fraction of sp³-hybridized carbons (Fsp3) is 0.588. The average Bonchev–Trinajstić information content (AvgIpc) is 3.78. The topological polar surface area (TPSA) is 187 Å². The number of carbonyl (C=O) groups excluding carboxylic acids is 2. The molecule has 7 rings (SSSR count). The minimum absolute atomic E-state index is 0. The molecule has 0 unspecified atom stereocenters. The van der Waals surface area contributed by atoms with E-state index in [9.17, 15) is 19.8 Å². The third-order valence-electron chi connectivity index (χ3n) is 10.3. The summed E-state index contributed by atoms with van der Waals surface area (Å²) in [4.78, 5) is 29.6. The van der Waals surface area contributed by atoms with Crippen molar-refractivity contribution in [1.29, 1.82) is 0 Å². The Balaban J connectivity index is 0.000000191. The third kappa shape index (κ3) is 10.1. The predicted octanol–water partition coefficient (Wildman–Crippen LogP) is 2.77.